The number of carbonyl (C=O) groups excluding carboxylic acids is 1. The highest BCUT2D eigenvalue weighted by atomic mass is 35.5. The van der Waals surface area contributed by atoms with Gasteiger partial charge < -0.3 is 19.1 Å². The van der Waals surface area contributed by atoms with Gasteiger partial charge in [-0.25, -0.2) is 0 Å². The first-order valence-electron chi connectivity index (χ1n) is 12.0. The van der Waals surface area contributed by atoms with Crippen molar-refractivity contribution >= 4 is 29.2 Å². The smallest absolute Gasteiger partial charge is 0.270 e. The van der Waals surface area contributed by atoms with Gasteiger partial charge in [-0.3, -0.25) is 14.5 Å². The Hall–Kier alpha value is -2.61. The molecule has 8 heteroatoms. The van der Waals surface area contributed by atoms with Crippen LogP contribution in [0, 0.1) is 5.92 Å². The van der Waals surface area contributed by atoms with Crippen molar-refractivity contribution < 1.29 is 9.90 Å². The third-order valence-electron chi connectivity index (χ3n) is 7.74. The van der Waals surface area contributed by atoms with E-state index in [9.17, 15) is 14.7 Å². The van der Waals surface area contributed by atoms with Gasteiger partial charge in [-0.15, -0.1) is 12.4 Å². The summed E-state index contributed by atoms with van der Waals surface area (Å²) >= 11 is 0. The van der Waals surface area contributed by atoms with Crippen molar-refractivity contribution in [2.24, 2.45) is 5.92 Å². The van der Waals surface area contributed by atoms with Gasteiger partial charge in [0.15, 0.2) is 0 Å². The zero-order valence-electron chi connectivity index (χ0n) is 19.4. The van der Waals surface area contributed by atoms with E-state index in [-0.39, 0.29) is 23.9 Å². The van der Waals surface area contributed by atoms with Gasteiger partial charge in [0, 0.05) is 68.4 Å². The summed E-state index contributed by atoms with van der Waals surface area (Å²) in [6.45, 7) is 4.19. The van der Waals surface area contributed by atoms with Crippen LogP contribution < -0.4 is 5.56 Å². The number of β-amino-alcohol motifs (C(OH)–C–C–N with tert-alkyl or cyclic N) is 1. The van der Waals surface area contributed by atoms with E-state index in [1.54, 1.807) is 11.0 Å². The first-order chi connectivity index (χ1) is 16.0. The molecule has 0 saturated carbocycles. The molecular formula is C26H31ClN4O3. The van der Waals surface area contributed by atoms with E-state index in [2.05, 4.69) is 17.0 Å². The molecule has 3 aliphatic rings. The largest absolute Gasteiger partial charge is 0.390 e. The second-order valence-electron chi connectivity index (χ2n) is 10.0. The second-order valence-corrected chi connectivity index (χ2v) is 10.0. The molecule has 0 radical (unpaired) electrons. The lowest BCUT2D eigenvalue weighted by atomic mass is 9.83. The summed E-state index contributed by atoms with van der Waals surface area (Å²) in [5, 5.41) is 12.3. The number of aromatic nitrogens is 2. The maximum absolute atomic E-state index is 13.0. The number of benzene rings is 1. The van der Waals surface area contributed by atoms with Gasteiger partial charge in [0.1, 0.15) is 5.69 Å². The normalized spacial score (nSPS) is 22.8. The number of hydrogen-bond acceptors (Lipinski definition) is 4. The summed E-state index contributed by atoms with van der Waals surface area (Å²) in [5.41, 5.74) is 4.07. The summed E-state index contributed by atoms with van der Waals surface area (Å²) in [5.74, 6) is 0.794. The van der Waals surface area contributed by atoms with Gasteiger partial charge in [-0.2, -0.15) is 0 Å². The number of halogens is 1. The molecule has 3 aliphatic heterocycles. The molecule has 180 valence electrons. The second kappa shape index (κ2) is 8.87. The quantitative estimate of drug-likeness (QED) is 0.619. The fraction of sp³-hybridized carbons (Fsp3) is 0.462. The minimum atomic E-state index is -0.582. The monoisotopic (exact) mass is 482 g/mol. The predicted octanol–water partition coefficient (Wildman–Crippen LogP) is 2.33. The Labute approximate surface area is 205 Å². The van der Waals surface area contributed by atoms with E-state index in [1.165, 1.54) is 0 Å². The van der Waals surface area contributed by atoms with Crippen LogP contribution in [0.3, 0.4) is 0 Å². The first kappa shape index (κ1) is 23.1. The first-order valence-corrected chi connectivity index (χ1v) is 12.0. The van der Waals surface area contributed by atoms with Crippen LogP contribution in [0.4, 0.5) is 0 Å². The van der Waals surface area contributed by atoms with Crippen LogP contribution >= 0.6 is 12.4 Å². The van der Waals surface area contributed by atoms with E-state index >= 15 is 0 Å². The van der Waals surface area contributed by atoms with Crippen molar-refractivity contribution in [3.8, 4) is 0 Å². The van der Waals surface area contributed by atoms with E-state index in [4.69, 9.17) is 0 Å². The number of rotatable bonds is 4. The molecule has 1 N–H and O–H groups in total. The fourth-order valence-electron chi connectivity index (χ4n) is 6.34. The van der Waals surface area contributed by atoms with Crippen LogP contribution in [0.2, 0.25) is 0 Å². The number of aliphatic hydroxyl groups is 1. The molecular weight excluding hydrogens is 452 g/mol. The van der Waals surface area contributed by atoms with Crippen LogP contribution in [0.25, 0.3) is 10.9 Å². The Morgan fingerprint density at radius 2 is 1.85 bits per heavy atom. The number of carbonyl (C=O) groups is 1. The van der Waals surface area contributed by atoms with Gasteiger partial charge in [-0.05, 0) is 36.5 Å². The standard InChI is InChI=1S/C26H30N4O3.ClH/c1-27-10-9-21-20-5-2-3-6-23(20)30(25(21)26(27)33)16-19(31)15-28-12-17-11-18(14-28)22-7-4-8-24(32)29(22)13-17;/h2-8,17-19,31H,9-16H2,1H3;1H/t17-,18+,19?;/m0./s1. The Kier molecular flexibility index (Phi) is 6.04. The average Bonchev–Trinajstić information content (AvgIpc) is 3.11. The molecule has 1 amide bonds. The fourth-order valence-corrected chi connectivity index (χ4v) is 6.34. The number of likely N-dealkylation sites (tertiary alicyclic amines) is 1. The molecule has 0 spiro atoms. The van der Waals surface area contributed by atoms with Crippen LogP contribution in [0.1, 0.15) is 34.1 Å². The molecule has 1 aromatic carbocycles. The third kappa shape index (κ3) is 3.76. The molecule has 7 nitrogen and oxygen atoms in total. The van der Waals surface area contributed by atoms with Crippen LogP contribution in [0.15, 0.2) is 47.3 Å². The summed E-state index contributed by atoms with van der Waals surface area (Å²) < 4.78 is 3.97. The van der Waals surface area contributed by atoms with Crippen molar-refractivity contribution in [2.45, 2.75) is 38.0 Å². The maximum atomic E-state index is 13.0. The number of amides is 1. The van der Waals surface area contributed by atoms with Gasteiger partial charge >= 0.3 is 0 Å². The number of piperidine rings is 1. The topological polar surface area (TPSA) is 70.7 Å². The molecule has 3 aromatic rings. The van der Waals surface area contributed by atoms with Crippen LogP contribution in [-0.2, 0) is 19.5 Å². The van der Waals surface area contributed by atoms with Gasteiger partial charge in [-0.1, -0.05) is 24.3 Å². The zero-order valence-corrected chi connectivity index (χ0v) is 20.2. The highest BCUT2D eigenvalue weighted by molar-refractivity contribution is 6.02. The third-order valence-corrected chi connectivity index (χ3v) is 7.74. The number of aliphatic hydroxyl groups excluding tert-OH is 1. The van der Waals surface area contributed by atoms with Crippen LogP contribution in [-0.4, -0.2) is 69.3 Å². The van der Waals surface area contributed by atoms with Gasteiger partial charge in [0.2, 0.25) is 0 Å². The molecule has 5 heterocycles. The molecule has 3 atom stereocenters. The van der Waals surface area contributed by atoms with Crippen molar-refractivity contribution in [1.82, 2.24) is 18.9 Å². The highest BCUT2D eigenvalue weighted by Crippen LogP contribution is 2.35. The molecule has 1 saturated heterocycles. The highest BCUT2D eigenvalue weighted by Gasteiger charge is 2.35. The Bertz CT molecular complexity index is 1300. The lowest BCUT2D eigenvalue weighted by Crippen LogP contribution is -2.49. The van der Waals surface area contributed by atoms with Crippen molar-refractivity contribution in [3.63, 3.8) is 0 Å². The number of fused-ring (bicyclic) bond motifs is 7. The number of hydrogen-bond donors (Lipinski definition) is 1. The van der Waals surface area contributed by atoms with Gasteiger partial charge in [0.25, 0.3) is 11.5 Å². The van der Waals surface area contributed by atoms with Crippen molar-refractivity contribution in [1.29, 1.82) is 0 Å². The minimum absolute atomic E-state index is 0. The lowest BCUT2D eigenvalue weighted by Gasteiger charge is -2.43. The van der Waals surface area contributed by atoms with Gasteiger partial charge in [0.05, 0.1) is 12.6 Å². The molecule has 6 rings (SSSR count). The van der Waals surface area contributed by atoms with E-state index in [0.29, 0.717) is 24.9 Å². The molecule has 0 aliphatic carbocycles. The number of para-hydroxylation sites is 1. The summed E-state index contributed by atoms with van der Waals surface area (Å²) in [7, 11) is 1.85. The Balaban J connectivity index is 0.00000241. The Morgan fingerprint density at radius 3 is 2.71 bits per heavy atom. The van der Waals surface area contributed by atoms with Crippen molar-refractivity contribution in [2.75, 3.05) is 33.2 Å². The minimum Gasteiger partial charge on any atom is -0.390 e. The maximum Gasteiger partial charge on any atom is 0.270 e. The molecule has 34 heavy (non-hydrogen) atoms. The van der Waals surface area contributed by atoms with Crippen LogP contribution in [0.5, 0.6) is 0 Å². The predicted molar refractivity (Wildman–Crippen MR) is 134 cm³/mol. The summed E-state index contributed by atoms with van der Waals surface area (Å²) in [6.07, 6.45) is 1.36. The molecule has 1 unspecified atom stereocenters. The average molecular weight is 483 g/mol. The number of likely N-dealkylation sites (N-methyl/N-ethyl adjacent to an activating group) is 1. The van der Waals surface area contributed by atoms with E-state index in [1.807, 2.05) is 40.4 Å². The molecule has 2 aromatic heterocycles. The number of pyridine rings is 1. The Morgan fingerprint density at radius 1 is 1.03 bits per heavy atom. The zero-order chi connectivity index (χ0) is 22.7. The SMILES string of the molecule is CN1CCc2c(n(CC(O)CN3C[C@@H]4C[C@H](C3)c3cccc(=O)n3C4)c3ccccc23)C1=O.Cl. The van der Waals surface area contributed by atoms with E-state index < -0.39 is 6.10 Å². The van der Waals surface area contributed by atoms with E-state index in [0.717, 1.165) is 66.9 Å². The van der Waals surface area contributed by atoms with Crippen molar-refractivity contribution in [3.05, 3.63) is 69.8 Å². The lowest BCUT2D eigenvalue weighted by molar-refractivity contribution is 0.0542. The number of nitrogens with zero attached hydrogens (tertiary/aromatic N) is 4. The summed E-state index contributed by atoms with van der Waals surface area (Å²) in [6, 6.07) is 13.7. The molecule has 1 fully saturated rings. The summed E-state index contributed by atoms with van der Waals surface area (Å²) in [4.78, 5) is 29.4. The molecule has 2 bridgehead atoms.